The van der Waals surface area contributed by atoms with E-state index in [-0.39, 0.29) is 0 Å². The van der Waals surface area contributed by atoms with Gasteiger partial charge in [-0.15, -0.1) is 0 Å². The number of anilines is 1. The lowest BCUT2D eigenvalue weighted by Crippen LogP contribution is -2.28. The molecular weight excluding hydrogens is 396 g/mol. The van der Waals surface area contributed by atoms with Gasteiger partial charge in [-0.3, -0.25) is 0 Å². The molecule has 0 fully saturated rings. The lowest BCUT2D eigenvalue weighted by atomic mass is 10.2. The van der Waals surface area contributed by atoms with Crippen molar-refractivity contribution in [3.63, 3.8) is 0 Å². The highest BCUT2D eigenvalue weighted by atomic mass is 31.1. The molecule has 5 heteroatoms. The molecule has 3 aromatic carbocycles. The van der Waals surface area contributed by atoms with Crippen molar-refractivity contribution >= 4 is 45.6 Å². The van der Waals surface area contributed by atoms with Crippen molar-refractivity contribution in [1.29, 1.82) is 0 Å². The Morgan fingerprint density at radius 1 is 0.724 bits per heavy atom. The minimum absolute atomic E-state index is 0.642. The molecule has 0 amide bonds. The summed E-state index contributed by atoms with van der Waals surface area (Å²) in [6, 6.07) is 22.5. The highest BCUT2D eigenvalue weighted by Crippen LogP contribution is 2.19. The zero-order valence-corrected chi connectivity index (χ0v) is 18.8. The molecule has 0 aliphatic carbocycles. The fraction of sp³-hybridized carbons (Fsp3) is 0.167. The van der Waals surface area contributed by atoms with E-state index >= 15 is 0 Å². The highest BCUT2D eigenvalue weighted by Gasteiger charge is 2.01. The molecule has 0 saturated carbocycles. The predicted molar refractivity (Wildman–Crippen MR) is 131 cm³/mol. The van der Waals surface area contributed by atoms with Crippen molar-refractivity contribution in [2.75, 3.05) is 32.3 Å². The smallest absolute Gasteiger partial charge is 0.126 e. The molecule has 3 nitrogen and oxygen atoms in total. The summed E-state index contributed by atoms with van der Waals surface area (Å²) in [4.78, 5) is 0. The van der Waals surface area contributed by atoms with E-state index in [4.69, 9.17) is 15.2 Å². The number of benzene rings is 3. The third-order valence-corrected chi connectivity index (χ3v) is 7.01. The van der Waals surface area contributed by atoms with Crippen molar-refractivity contribution in [2.45, 2.75) is 0 Å². The second kappa shape index (κ2) is 11.0. The van der Waals surface area contributed by atoms with Gasteiger partial charge in [0.1, 0.15) is 11.5 Å². The first-order valence-corrected chi connectivity index (χ1v) is 11.9. The van der Waals surface area contributed by atoms with Crippen LogP contribution in [0.1, 0.15) is 0 Å². The maximum Gasteiger partial charge on any atom is 0.126 e. The summed E-state index contributed by atoms with van der Waals surface area (Å²) < 4.78 is 10.9. The van der Waals surface area contributed by atoms with Crippen LogP contribution in [-0.2, 0) is 0 Å². The molecule has 150 valence electrons. The summed E-state index contributed by atoms with van der Waals surface area (Å²) in [6.07, 6.45) is 6.42. The minimum Gasteiger partial charge on any atom is -0.496 e. The molecule has 2 atom stereocenters. The van der Waals surface area contributed by atoms with Crippen molar-refractivity contribution in [1.82, 2.24) is 0 Å². The largest absolute Gasteiger partial charge is 0.496 e. The van der Waals surface area contributed by atoms with E-state index in [1.165, 1.54) is 15.8 Å². The molecule has 2 N–H and O–H groups in total. The second-order valence-corrected chi connectivity index (χ2v) is 9.02. The first kappa shape index (κ1) is 21.4. The van der Waals surface area contributed by atoms with Gasteiger partial charge in [-0.25, -0.2) is 0 Å². The molecule has 0 heterocycles. The Bertz CT molecular complexity index is 1070. The van der Waals surface area contributed by atoms with Crippen molar-refractivity contribution in [3.8, 4) is 11.5 Å². The monoisotopic (exact) mass is 423 g/mol. The van der Waals surface area contributed by atoms with Crippen LogP contribution in [0, 0.1) is 0 Å². The van der Waals surface area contributed by atoms with Crippen LogP contribution in [0.15, 0.2) is 66.7 Å². The van der Waals surface area contributed by atoms with Crippen LogP contribution < -0.4 is 36.3 Å². The molecule has 0 aliphatic heterocycles. The average molecular weight is 423 g/mol. The Morgan fingerprint density at radius 2 is 1.28 bits per heavy atom. The number of ether oxygens (including phenoxy) is 2. The summed E-state index contributed by atoms with van der Waals surface area (Å²) in [7, 11) is 4.74. The van der Waals surface area contributed by atoms with Gasteiger partial charge < -0.3 is 15.2 Å². The van der Waals surface area contributed by atoms with E-state index in [9.17, 15) is 0 Å². The van der Waals surface area contributed by atoms with E-state index < -0.39 is 0 Å². The molecule has 0 aliphatic rings. The van der Waals surface area contributed by atoms with Crippen LogP contribution >= 0.6 is 17.2 Å². The number of rotatable bonds is 8. The van der Waals surface area contributed by atoms with Gasteiger partial charge in [0.05, 0.1) is 14.2 Å². The Hall–Kier alpha value is -2.34. The van der Waals surface area contributed by atoms with Gasteiger partial charge in [-0.2, -0.15) is 0 Å². The summed E-state index contributed by atoms with van der Waals surface area (Å²) in [5.74, 6) is 1.90. The molecule has 0 saturated heterocycles. The van der Waals surface area contributed by atoms with E-state index in [1.807, 2.05) is 36.4 Å². The van der Waals surface area contributed by atoms with Gasteiger partial charge >= 0.3 is 0 Å². The molecule has 0 bridgehead atoms. The molecule has 0 radical (unpaired) electrons. The van der Waals surface area contributed by atoms with Crippen LogP contribution in [0.5, 0.6) is 11.5 Å². The molecule has 0 spiro atoms. The Kier molecular flexibility index (Phi) is 8.11. The van der Waals surface area contributed by atoms with Gasteiger partial charge in [0, 0.05) is 21.5 Å². The molecule has 3 aromatic rings. The predicted octanol–water partition coefficient (Wildman–Crippen LogP) is 2.86. The Balaban J connectivity index is 1.77. The lowest BCUT2D eigenvalue weighted by molar-refractivity contribution is 0.418. The molecule has 3 rings (SSSR count). The maximum atomic E-state index is 6.29. The van der Waals surface area contributed by atoms with Crippen LogP contribution in [0.3, 0.4) is 0 Å². The normalized spacial score (nSPS) is 13.0. The SMILES string of the molecule is COc1ccccc1PCC=c1cccc(N)c1=CCPc1ccccc1OC. The number of para-hydroxylation sites is 2. The van der Waals surface area contributed by atoms with Crippen LogP contribution in [0.4, 0.5) is 5.69 Å². The van der Waals surface area contributed by atoms with Gasteiger partial charge in [-0.05, 0) is 35.7 Å². The minimum atomic E-state index is 0.642. The van der Waals surface area contributed by atoms with Gasteiger partial charge in [0.2, 0.25) is 0 Å². The molecule has 0 aromatic heterocycles. The summed E-state index contributed by atoms with van der Waals surface area (Å²) in [5, 5.41) is 4.80. The average Bonchev–Trinajstić information content (AvgIpc) is 2.76. The summed E-state index contributed by atoms with van der Waals surface area (Å²) in [5.41, 5.74) is 7.12. The number of methoxy groups -OCH3 is 2. The Labute approximate surface area is 176 Å². The number of nitrogens with two attached hydrogens (primary N) is 1. The number of hydrogen-bond donors (Lipinski definition) is 1. The van der Waals surface area contributed by atoms with E-state index in [0.717, 1.165) is 34.7 Å². The lowest BCUT2D eigenvalue weighted by Gasteiger charge is -2.07. The first-order chi connectivity index (χ1) is 14.2. The fourth-order valence-corrected chi connectivity index (χ4v) is 5.35. The third kappa shape index (κ3) is 5.82. The van der Waals surface area contributed by atoms with Gasteiger partial charge in [-0.1, -0.05) is 77.8 Å². The summed E-state index contributed by atoms with van der Waals surface area (Å²) >= 11 is 0. The zero-order valence-electron chi connectivity index (χ0n) is 16.8. The number of hydrogen-bond acceptors (Lipinski definition) is 3. The van der Waals surface area contributed by atoms with Crippen molar-refractivity contribution in [3.05, 3.63) is 77.2 Å². The standard InChI is InChI=1S/C24H27NO2P2/c1-26-21-10-3-5-12-23(21)28-16-14-18-8-7-9-20(25)19(18)15-17-29-24-13-6-4-11-22(24)27-2/h3-15,28-29H,16-17,25H2,1-2H3. The molecule has 29 heavy (non-hydrogen) atoms. The van der Waals surface area contributed by atoms with Crippen LogP contribution in [0.25, 0.3) is 12.2 Å². The highest BCUT2D eigenvalue weighted by molar-refractivity contribution is 7.48. The molecular formula is C24H27NO2P2. The van der Waals surface area contributed by atoms with E-state index in [2.05, 4.69) is 42.5 Å². The first-order valence-electron chi connectivity index (χ1n) is 9.51. The van der Waals surface area contributed by atoms with Gasteiger partial charge in [0.25, 0.3) is 0 Å². The van der Waals surface area contributed by atoms with E-state index in [1.54, 1.807) is 14.2 Å². The zero-order chi connectivity index (χ0) is 20.5. The molecule has 2 unspecified atom stereocenters. The topological polar surface area (TPSA) is 44.5 Å². The second-order valence-electron chi connectivity index (χ2n) is 6.42. The van der Waals surface area contributed by atoms with Crippen LogP contribution in [0.2, 0.25) is 0 Å². The van der Waals surface area contributed by atoms with Crippen LogP contribution in [-0.4, -0.2) is 26.5 Å². The number of nitrogen functional groups attached to an aromatic ring is 1. The fourth-order valence-electron chi connectivity index (χ4n) is 3.13. The van der Waals surface area contributed by atoms with E-state index in [0.29, 0.717) is 17.2 Å². The third-order valence-electron chi connectivity index (χ3n) is 4.60. The van der Waals surface area contributed by atoms with Gasteiger partial charge in [0.15, 0.2) is 0 Å². The quantitative estimate of drug-likeness (QED) is 0.448. The maximum absolute atomic E-state index is 6.29. The van der Waals surface area contributed by atoms with Crippen molar-refractivity contribution in [2.24, 2.45) is 0 Å². The summed E-state index contributed by atoms with van der Waals surface area (Å²) in [6.45, 7) is 0. The Morgan fingerprint density at radius 3 is 1.86 bits per heavy atom. The van der Waals surface area contributed by atoms with Crippen molar-refractivity contribution < 1.29 is 9.47 Å².